The minimum atomic E-state index is -0.766. The first-order valence-corrected chi connectivity index (χ1v) is 25.7. The van der Waals surface area contributed by atoms with Crippen LogP contribution in [0.4, 0.5) is 0 Å². The molecule has 0 spiro atoms. The molecule has 0 aromatic heterocycles. The number of carbonyl (C=O) groups excluding carboxylic acids is 3. The maximum atomic E-state index is 12.7. The van der Waals surface area contributed by atoms with Gasteiger partial charge in [0.1, 0.15) is 13.2 Å². The molecule has 0 N–H and O–H groups in total. The Morgan fingerprint density at radius 3 is 0.862 bits per heavy atom. The van der Waals surface area contributed by atoms with Crippen molar-refractivity contribution < 1.29 is 28.6 Å². The molecule has 0 amide bonds. The number of rotatable bonds is 47. The molecule has 0 heterocycles. The van der Waals surface area contributed by atoms with Gasteiger partial charge in [-0.05, 0) is 44.9 Å². The van der Waals surface area contributed by atoms with Gasteiger partial charge in [-0.25, -0.2) is 0 Å². The van der Waals surface area contributed by atoms with Gasteiger partial charge in [0.2, 0.25) is 0 Å². The van der Waals surface area contributed by atoms with Crippen LogP contribution >= 0.6 is 0 Å². The van der Waals surface area contributed by atoms with E-state index in [0.29, 0.717) is 19.3 Å². The average Bonchev–Trinajstić information content (AvgIpc) is 3.22. The van der Waals surface area contributed by atoms with E-state index in [0.717, 1.165) is 64.2 Å². The second kappa shape index (κ2) is 47.8. The molecule has 0 bridgehead atoms. The van der Waals surface area contributed by atoms with E-state index < -0.39 is 6.10 Å². The second-order valence-electron chi connectivity index (χ2n) is 17.4. The lowest BCUT2D eigenvalue weighted by molar-refractivity contribution is -0.167. The second-order valence-corrected chi connectivity index (χ2v) is 17.4. The van der Waals surface area contributed by atoms with Crippen LogP contribution in [0.25, 0.3) is 0 Å². The SMILES string of the molecule is CCCCCCCC/C=C\CCCCCCCC(=O)OC(COC(=O)CCCCCCCC)COC(=O)CCCCCCCCCCCCCCCCCCCCC. The summed E-state index contributed by atoms with van der Waals surface area (Å²) in [4.78, 5) is 37.7. The molecule has 0 aromatic rings. The van der Waals surface area contributed by atoms with Crippen LogP contribution in [0.2, 0.25) is 0 Å². The lowest BCUT2D eigenvalue weighted by Crippen LogP contribution is -2.30. The zero-order valence-corrected chi connectivity index (χ0v) is 39.1. The molecule has 0 saturated carbocycles. The maximum absolute atomic E-state index is 12.7. The number of ether oxygens (including phenoxy) is 3. The van der Waals surface area contributed by atoms with Gasteiger partial charge in [0.25, 0.3) is 0 Å². The first-order valence-electron chi connectivity index (χ1n) is 25.7. The molecule has 58 heavy (non-hydrogen) atoms. The van der Waals surface area contributed by atoms with Crippen molar-refractivity contribution in [2.75, 3.05) is 13.2 Å². The molecule has 342 valence electrons. The third-order valence-corrected chi connectivity index (χ3v) is 11.5. The van der Waals surface area contributed by atoms with Gasteiger partial charge in [-0.15, -0.1) is 0 Å². The Morgan fingerprint density at radius 2 is 0.569 bits per heavy atom. The first-order chi connectivity index (χ1) is 28.5. The smallest absolute Gasteiger partial charge is 0.306 e. The molecule has 0 aliphatic carbocycles. The number of hydrogen-bond acceptors (Lipinski definition) is 6. The van der Waals surface area contributed by atoms with Gasteiger partial charge < -0.3 is 14.2 Å². The number of allylic oxidation sites excluding steroid dienone is 2. The number of hydrogen-bond donors (Lipinski definition) is 0. The molecule has 1 atom stereocenters. The quantitative estimate of drug-likeness (QED) is 0.0263. The summed E-state index contributed by atoms with van der Waals surface area (Å²) in [5.41, 5.74) is 0. The molecule has 0 aliphatic heterocycles. The van der Waals surface area contributed by atoms with E-state index in [4.69, 9.17) is 14.2 Å². The monoisotopic (exact) mass is 819 g/mol. The van der Waals surface area contributed by atoms with Crippen molar-refractivity contribution >= 4 is 17.9 Å². The van der Waals surface area contributed by atoms with Crippen LogP contribution in [0.15, 0.2) is 12.2 Å². The summed E-state index contributed by atoms with van der Waals surface area (Å²) in [5.74, 6) is -0.873. The zero-order chi connectivity index (χ0) is 42.3. The van der Waals surface area contributed by atoms with Crippen LogP contribution in [0, 0.1) is 0 Å². The van der Waals surface area contributed by atoms with Crippen LogP contribution in [-0.2, 0) is 28.6 Å². The fourth-order valence-corrected chi connectivity index (χ4v) is 7.61. The summed E-state index contributed by atoms with van der Waals surface area (Å²) < 4.78 is 16.7. The van der Waals surface area contributed by atoms with Crippen LogP contribution in [0.5, 0.6) is 0 Å². The summed E-state index contributed by atoms with van der Waals surface area (Å²) in [6.45, 7) is 6.60. The first kappa shape index (κ1) is 56.1. The normalized spacial score (nSPS) is 12.0. The van der Waals surface area contributed by atoms with Gasteiger partial charge in [-0.1, -0.05) is 232 Å². The highest BCUT2D eigenvalue weighted by atomic mass is 16.6. The highest BCUT2D eigenvalue weighted by Crippen LogP contribution is 2.16. The van der Waals surface area contributed by atoms with Crippen molar-refractivity contribution in [3.05, 3.63) is 12.2 Å². The number of esters is 3. The Labute approximate surface area is 360 Å². The zero-order valence-electron chi connectivity index (χ0n) is 39.1. The van der Waals surface area contributed by atoms with Gasteiger partial charge in [-0.2, -0.15) is 0 Å². The van der Waals surface area contributed by atoms with Crippen LogP contribution in [0.3, 0.4) is 0 Å². The molecule has 6 heteroatoms. The van der Waals surface area contributed by atoms with Crippen molar-refractivity contribution in [1.29, 1.82) is 0 Å². The molecule has 0 fully saturated rings. The van der Waals surface area contributed by atoms with Crippen molar-refractivity contribution in [2.24, 2.45) is 0 Å². The minimum Gasteiger partial charge on any atom is -0.462 e. The fraction of sp³-hybridized carbons (Fsp3) is 0.904. The van der Waals surface area contributed by atoms with Gasteiger partial charge in [0.15, 0.2) is 6.10 Å². The molecular weight excluding hydrogens is 721 g/mol. The van der Waals surface area contributed by atoms with E-state index in [-0.39, 0.29) is 31.1 Å². The average molecular weight is 819 g/mol. The van der Waals surface area contributed by atoms with E-state index >= 15 is 0 Å². The highest BCUT2D eigenvalue weighted by Gasteiger charge is 2.19. The number of unbranched alkanes of at least 4 members (excludes halogenated alkanes) is 34. The Bertz CT molecular complexity index is 900. The van der Waals surface area contributed by atoms with Crippen LogP contribution in [-0.4, -0.2) is 37.2 Å². The Morgan fingerprint density at radius 1 is 0.328 bits per heavy atom. The Hall–Kier alpha value is -1.85. The van der Waals surface area contributed by atoms with Crippen molar-refractivity contribution in [1.82, 2.24) is 0 Å². The molecule has 0 rings (SSSR count). The molecule has 1 unspecified atom stereocenters. The predicted octanol–water partition coefficient (Wildman–Crippen LogP) is 16.6. The van der Waals surface area contributed by atoms with E-state index in [9.17, 15) is 14.4 Å². The van der Waals surface area contributed by atoms with E-state index in [1.165, 1.54) is 180 Å². The third kappa shape index (κ3) is 45.2. The molecule has 6 nitrogen and oxygen atoms in total. The minimum absolute atomic E-state index is 0.0691. The summed E-state index contributed by atoms with van der Waals surface area (Å²) in [7, 11) is 0. The molecule has 0 saturated heterocycles. The van der Waals surface area contributed by atoms with Crippen LogP contribution in [0.1, 0.15) is 284 Å². The number of carbonyl (C=O) groups is 3. The summed E-state index contributed by atoms with van der Waals surface area (Å²) in [5, 5.41) is 0. The van der Waals surface area contributed by atoms with Crippen molar-refractivity contribution in [3.63, 3.8) is 0 Å². The predicted molar refractivity (Wildman–Crippen MR) is 247 cm³/mol. The molecule has 0 radical (unpaired) electrons. The van der Waals surface area contributed by atoms with Gasteiger partial charge >= 0.3 is 17.9 Å². The molecular formula is C52H98O6. The highest BCUT2D eigenvalue weighted by molar-refractivity contribution is 5.71. The van der Waals surface area contributed by atoms with Crippen LogP contribution < -0.4 is 0 Å². The van der Waals surface area contributed by atoms with Gasteiger partial charge in [-0.3, -0.25) is 14.4 Å². The van der Waals surface area contributed by atoms with E-state index in [1.54, 1.807) is 0 Å². The molecule has 0 aliphatic rings. The Balaban J connectivity index is 4.16. The standard InChI is InChI=1S/C52H98O6/c1-4-7-10-13-16-18-20-22-24-25-26-27-29-30-32-34-36-39-42-45-51(54)57-48-49(47-56-50(53)44-41-38-15-12-9-6-3)58-52(55)46-43-40-37-35-33-31-28-23-21-19-17-14-11-8-5-2/h23,28,49H,4-22,24-27,29-48H2,1-3H3/b28-23-. The lowest BCUT2D eigenvalue weighted by atomic mass is 10.0. The van der Waals surface area contributed by atoms with Gasteiger partial charge in [0.05, 0.1) is 0 Å². The largest absolute Gasteiger partial charge is 0.462 e. The fourth-order valence-electron chi connectivity index (χ4n) is 7.61. The van der Waals surface area contributed by atoms with Crippen molar-refractivity contribution in [2.45, 2.75) is 290 Å². The third-order valence-electron chi connectivity index (χ3n) is 11.5. The summed E-state index contributed by atoms with van der Waals surface area (Å²) in [6.07, 6.45) is 52.2. The van der Waals surface area contributed by atoms with Crippen molar-refractivity contribution in [3.8, 4) is 0 Å². The summed E-state index contributed by atoms with van der Waals surface area (Å²) in [6, 6.07) is 0. The molecule has 0 aromatic carbocycles. The topological polar surface area (TPSA) is 78.9 Å². The summed E-state index contributed by atoms with van der Waals surface area (Å²) >= 11 is 0. The maximum Gasteiger partial charge on any atom is 0.306 e. The van der Waals surface area contributed by atoms with E-state index in [1.807, 2.05) is 0 Å². The van der Waals surface area contributed by atoms with Gasteiger partial charge in [0, 0.05) is 19.3 Å². The van der Waals surface area contributed by atoms with E-state index in [2.05, 4.69) is 32.9 Å². The Kier molecular flexibility index (Phi) is 46.3. The lowest BCUT2D eigenvalue weighted by Gasteiger charge is -2.18.